The third-order valence-corrected chi connectivity index (χ3v) is 4.57. The molecule has 1 aromatic rings. The Morgan fingerprint density at radius 1 is 1.24 bits per heavy atom. The third kappa shape index (κ3) is 5.10. The van der Waals surface area contributed by atoms with Crippen LogP contribution in [-0.4, -0.2) is 42.3 Å². The van der Waals surface area contributed by atoms with Crippen LogP contribution in [0.5, 0.6) is 0 Å². The second-order valence-corrected chi connectivity index (χ2v) is 7.28. The van der Waals surface area contributed by atoms with Crippen molar-refractivity contribution in [2.24, 2.45) is 11.3 Å². The van der Waals surface area contributed by atoms with Crippen molar-refractivity contribution in [2.75, 3.05) is 26.2 Å². The first kappa shape index (κ1) is 16.5. The number of likely N-dealkylation sites (tertiary alicyclic amines) is 1. The van der Waals surface area contributed by atoms with Crippen molar-refractivity contribution >= 4 is 0 Å². The van der Waals surface area contributed by atoms with Gasteiger partial charge in [-0.15, -0.1) is 0 Å². The first-order valence-corrected chi connectivity index (χ1v) is 8.11. The van der Waals surface area contributed by atoms with E-state index in [0.29, 0.717) is 12.0 Å². The van der Waals surface area contributed by atoms with E-state index in [2.05, 4.69) is 61.3 Å². The molecule has 0 aliphatic carbocycles. The summed E-state index contributed by atoms with van der Waals surface area (Å²) in [4.78, 5) is 2.54. The Hall–Kier alpha value is -0.900. The van der Waals surface area contributed by atoms with Gasteiger partial charge in [0.05, 0.1) is 0 Å². The lowest BCUT2D eigenvalue weighted by Gasteiger charge is -2.27. The van der Waals surface area contributed by atoms with Crippen LogP contribution in [0.25, 0.3) is 0 Å². The molecule has 2 N–H and O–H groups in total. The highest BCUT2D eigenvalue weighted by molar-refractivity contribution is 5.14. The van der Waals surface area contributed by atoms with Crippen molar-refractivity contribution in [1.29, 1.82) is 0 Å². The molecule has 21 heavy (non-hydrogen) atoms. The predicted octanol–water partition coefficient (Wildman–Crippen LogP) is 2.51. The smallest absolute Gasteiger partial charge is 0.0436 e. The van der Waals surface area contributed by atoms with Crippen LogP contribution in [0.15, 0.2) is 30.3 Å². The number of rotatable bonds is 7. The molecule has 0 aromatic heterocycles. The van der Waals surface area contributed by atoms with E-state index in [1.807, 2.05) is 0 Å². The Morgan fingerprint density at radius 3 is 2.62 bits per heavy atom. The topological polar surface area (TPSA) is 35.5 Å². The Balaban J connectivity index is 1.81. The normalized spacial score (nSPS) is 23.6. The van der Waals surface area contributed by atoms with E-state index in [4.69, 9.17) is 5.11 Å². The van der Waals surface area contributed by atoms with Gasteiger partial charge in [0.2, 0.25) is 0 Å². The van der Waals surface area contributed by atoms with Crippen molar-refractivity contribution in [2.45, 2.75) is 39.8 Å². The second kappa shape index (κ2) is 7.39. The maximum absolute atomic E-state index is 9.12. The molecule has 0 bridgehead atoms. The first-order chi connectivity index (χ1) is 10.00. The summed E-state index contributed by atoms with van der Waals surface area (Å²) in [5, 5.41) is 12.8. The molecular weight excluding hydrogens is 260 g/mol. The highest BCUT2D eigenvalue weighted by atomic mass is 16.3. The van der Waals surface area contributed by atoms with Crippen molar-refractivity contribution in [3.8, 4) is 0 Å². The number of aliphatic hydroxyl groups is 1. The Bertz CT molecular complexity index is 418. The van der Waals surface area contributed by atoms with Crippen molar-refractivity contribution in [3.63, 3.8) is 0 Å². The van der Waals surface area contributed by atoms with E-state index in [9.17, 15) is 0 Å². The summed E-state index contributed by atoms with van der Waals surface area (Å²) in [7, 11) is 0. The highest BCUT2D eigenvalue weighted by Gasteiger charge is 2.30. The molecule has 0 amide bonds. The van der Waals surface area contributed by atoms with E-state index in [0.717, 1.165) is 32.6 Å². The number of hydrogen-bond acceptors (Lipinski definition) is 3. The van der Waals surface area contributed by atoms with Crippen molar-refractivity contribution in [1.82, 2.24) is 10.2 Å². The molecular formula is C18H30N2O. The molecule has 3 nitrogen and oxygen atoms in total. The van der Waals surface area contributed by atoms with Gasteiger partial charge in [-0.05, 0) is 23.3 Å². The molecule has 1 aromatic carbocycles. The van der Waals surface area contributed by atoms with Crippen LogP contribution in [0.3, 0.4) is 0 Å². The molecule has 1 aliphatic rings. The van der Waals surface area contributed by atoms with Gasteiger partial charge in [0, 0.05) is 38.8 Å². The molecule has 2 atom stereocenters. The molecule has 3 heteroatoms. The zero-order valence-corrected chi connectivity index (χ0v) is 13.7. The Kier molecular flexibility index (Phi) is 5.80. The zero-order chi connectivity index (χ0) is 15.3. The van der Waals surface area contributed by atoms with Crippen LogP contribution < -0.4 is 5.32 Å². The SMILES string of the molecule is C[C@H]1CN(Cc2ccccc2)C[C@@H]1NCC(C)(C)CCO. The van der Waals surface area contributed by atoms with Crippen LogP contribution in [-0.2, 0) is 6.54 Å². The van der Waals surface area contributed by atoms with Gasteiger partial charge in [-0.2, -0.15) is 0 Å². The van der Waals surface area contributed by atoms with Crippen LogP contribution in [0.2, 0.25) is 0 Å². The lowest BCUT2D eigenvalue weighted by molar-refractivity contribution is 0.200. The predicted molar refractivity (Wildman–Crippen MR) is 88.2 cm³/mol. The average molecular weight is 290 g/mol. The molecule has 0 unspecified atom stereocenters. The Labute approximate surface area is 129 Å². The van der Waals surface area contributed by atoms with E-state index >= 15 is 0 Å². The second-order valence-electron chi connectivity index (χ2n) is 7.28. The van der Waals surface area contributed by atoms with Gasteiger partial charge in [0.15, 0.2) is 0 Å². The molecule has 1 saturated heterocycles. The minimum absolute atomic E-state index is 0.168. The van der Waals surface area contributed by atoms with Gasteiger partial charge in [0.25, 0.3) is 0 Å². The van der Waals surface area contributed by atoms with Crippen molar-refractivity contribution < 1.29 is 5.11 Å². The fourth-order valence-electron chi connectivity index (χ4n) is 3.10. The summed E-state index contributed by atoms with van der Waals surface area (Å²) in [5.74, 6) is 0.679. The maximum Gasteiger partial charge on any atom is 0.0436 e. The fraction of sp³-hybridized carbons (Fsp3) is 0.667. The Morgan fingerprint density at radius 2 is 1.95 bits per heavy atom. The molecule has 2 rings (SSSR count). The summed E-state index contributed by atoms with van der Waals surface area (Å²) >= 11 is 0. The summed E-state index contributed by atoms with van der Waals surface area (Å²) in [6.45, 7) is 11.3. The molecule has 0 spiro atoms. The summed E-state index contributed by atoms with van der Waals surface area (Å²) in [5.41, 5.74) is 1.56. The molecule has 1 fully saturated rings. The fourth-order valence-corrected chi connectivity index (χ4v) is 3.10. The van der Waals surface area contributed by atoms with Crippen LogP contribution in [0.4, 0.5) is 0 Å². The van der Waals surface area contributed by atoms with E-state index in [-0.39, 0.29) is 12.0 Å². The van der Waals surface area contributed by atoms with E-state index < -0.39 is 0 Å². The third-order valence-electron chi connectivity index (χ3n) is 4.57. The van der Waals surface area contributed by atoms with Gasteiger partial charge in [0.1, 0.15) is 0 Å². The molecule has 1 aliphatic heterocycles. The summed E-state index contributed by atoms with van der Waals surface area (Å²) in [6, 6.07) is 11.3. The van der Waals surface area contributed by atoms with Gasteiger partial charge in [-0.3, -0.25) is 4.90 Å². The van der Waals surface area contributed by atoms with Crippen LogP contribution in [0.1, 0.15) is 32.8 Å². The lowest BCUT2D eigenvalue weighted by atomic mass is 9.89. The molecule has 118 valence electrons. The maximum atomic E-state index is 9.12. The lowest BCUT2D eigenvalue weighted by Crippen LogP contribution is -2.41. The van der Waals surface area contributed by atoms with Gasteiger partial charge in [-0.1, -0.05) is 51.1 Å². The minimum atomic E-state index is 0.168. The minimum Gasteiger partial charge on any atom is -0.396 e. The number of benzene rings is 1. The monoisotopic (exact) mass is 290 g/mol. The largest absolute Gasteiger partial charge is 0.396 e. The first-order valence-electron chi connectivity index (χ1n) is 8.11. The molecule has 0 radical (unpaired) electrons. The van der Waals surface area contributed by atoms with E-state index in [1.165, 1.54) is 5.56 Å². The standard InChI is InChI=1S/C18H30N2O/c1-15-11-20(12-16-7-5-4-6-8-16)13-17(15)19-14-18(2,3)9-10-21/h4-8,15,17,19,21H,9-14H2,1-3H3/t15-,17-/m0/s1. The number of hydrogen-bond donors (Lipinski definition) is 2. The summed E-state index contributed by atoms with van der Waals surface area (Å²) < 4.78 is 0. The van der Waals surface area contributed by atoms with Crippen LogP contribution in [0, 0.1) is 11.3 Å². The molecule has 1 heterocycles. The highest BCUT2D eigenvalue weighted by Crippen LogP contribution is 2.22. The van der Waals surface area contributed by atoms with Gasteiger partial charge < -0.3 is 10.4 Å². The molecule has 0 saturated carbocycles. The van der Waals surface area contributed by atoms with E-state index in [1.54, 1.807) is 0 Å². The number of aliphatic hydroxyl groups excluding tert-OH is 1. The quantitative estimate of drug-likeness (QED) is 0.810. The van der Waals surface area contributed by atoms with Crippen molar-refractivity contribution in [3.05, 3.63) is 35.9 Å². The number of nitrogens with one attached hydrogen (secondary N) is 1. The summed E-state index contributed by atoms with van der Waals surface area (Å²) in [6.07, 6.45) is 0.856. The number of nitrogens with zero attached hydrogens (tertiary/aromatic N) is 1. The van der Waals surface area contributed by atoms with Gasteiger partial charge in [-0.25, -0.2) is 0 Å². The zero-order valence-electron chi connectivity index (χ0n) is 13.7. The van der Waals surface area contributed by atoms with Crippen LogP contribution >= 0.6 is 0 Å². The average Bonchev–Trinajstić information content (AvgIpc) is 2.78. The van der Waals surface area contributed by atoms with Gasteiger partial charge >= 0.3 is 0 Å².